The minimum Gasteiger partial charge on any atom is -0.492 e. The van der Waals surface area contributed by atoms with Crippen molar-refractivity contribution in [3.63, 3.8) is 0 Å². The first-order valence-electron chi connectivity index (χ1n) is 10.2. The summed E-state index contributed by atoms with van der Waals surface area (Å²) in [6, 6.07) is 12.1. The number of hydrogen-bond acceptors (Lipinski definition) is 5. The molecule has 2 aromatic carbocycles. The third-order valence-corrected chi connectivity index (χ3v) is 5.38. The topological polar surface area (TPSA) is 83.4 Å². The molecule has 0 aliphatic carbocycles. The number of carbonyl (C=O) groups is 1. The summed E-state index contributed by atoms with van der Waals surface area (Å²) in [6.07, 6.45) is 1.36. The van der Waals surface area contributed by atoms with Gasteiger partial charge < -0.3 is 20.1 Å². The second-order valence-electron chi connectivity index (χ2n) is 7.54. The predicted molar refractivity (Wildman–Crippen MR) is 110 cm³/mol. The molecule has 7 heteroatoms. The molecule has 2 heterocycles. The molecule has 0 bridgehead atoms. The first-order chi connectivity index (χ1) is 14.6. The number of nitrogens with one attached hydrogen (secondary N) is 2. The molecule has 0 saturated carbocycles. The Bertz CT molecular complexity index is 965. The minimum atomic E-state index is -0.647. The zero-order valence-electron chi connectivity index (χ0n) is 16.6. The molecule has 0 spiro atoms. The normalized spacial score (nSPS) is 19.1. The lowest BCUT2D eigenvalue weighted by Gasteiger charge is -2.18. The van der Waals surface area contributed by atoms with E-state index in [1.807, 2.05) is 18.2 Å². The molecule has 1 saturated heterocycles. The molecule has 1 unspecified atom stereocenters. The van der Waals surface area contributed by atoms with E-state index < -0.39 is 12.1 Å². The van der Waals surface area contributed by atoms with E-state index in [-0.39, 0.29) is 11.7 Å². The number of amides is 1. The molecular weight excluding hydrogens is 385 g/mol. The molecule has 2 atom stereocenters. The maximum absolute atomic E-state index is 13.6. The van der Waals surface area contributed by atoms with Crippen LogP contribution in [0.4, 0.5) is 4.39 Å². The number of benzene rings is 2. The maximum Gasteiger partial charge on any atom is 0.251 e. The summed E-state index contributed by atoms with van der Waals surface area (Å²) < 4.78 is 24.8. The number of nitriles is 1. The van der Waals surface area contributed by atoms with Crippen LogP contribution in [0.5, 0.6) is 5.75 Å². The fourth-order valence-electron chi connectivity index (χ4n) is 3.87. The van der Waals surface area contributed by atoms with Crippen LogP contribution in [0.1, 0.15) is 17.5 Å². The number of hydrogen-bond donors (Lipinski definition) is 2. The van der Waals surface area contributed by atoms with Crippen molar-refractivity contribution in [1.82, 2.24) is 10.6 Å². The highest BCUT2D eigenvalue weighted by atomic mass is 19.1. The molecule has 0 aromatic heterocycles. The van der Waals surface area contributed by atoms with Crippen molar-refractivity contribution in [2.75, 3.05) is 26.3 Å². The molecule has 2 N–H and O–H groups in total. The SMILES string of the molecule is N#CC(Cc1ccc2c(c1)CCOc1cc(F)ccc1-2)NC(=O)[C@@H]1CNCCCO1. The summed E-state index contributed by atoms with van der Waals surface area (Å²) in [5, 5.41) is 15.5. The predicted octanol–water partition coefficient (Wildman–Crippen LogP) is 2.36. The van der Waals surface area contributed by atoms with Gasteiger partial charge in [-0.05, 0) is 41.8 Å². The summed E-state index contributed by atoms with van der Waals surface area (Å²) >= 11 is 0. The van der Waals surface area contributed by atoms with E-state index in [1.165, 1.54) is 12.1 Å². The Morgan fingerprint density at radius 3 is 3.00 bits per heavy atom. The Morgan fingerprint density at radius 1 is 1.27 bits per heavy atom. The van der Waals surface area contributed by atoms with Crippen molar-refractivity contribution in [3.8, 4) is 22.9 Å². The molecule has 1 amide bonds. The Kier molecular flexibility index (Phi) is 6.26. The van der Waals surface area contributed by atoms with Gasteiger partial charge in [0.2, 0.25) is 0 Å². The second-order valence-corrected chi connectivity index (χ2v) is 7.54. The first-order valence-corrected chi connectivity index (χ1v) is 10.2. The van der Waals surface area contributed by atoms with E-state index in [0.29, 0.717) is 38.3 Å². The van der Waals surface area contributed by atoms with Crippen LogP contribution in [-0.2, 0) is 22.4 Å². The fourth-order valence-corrected chi connectivity index (χ4v) is 3.87. The molecule has 156 valence electrons. The largest absolute Gasteiger partial charge is 0.492 e. The van der Waals surface area contributed by atoms with Crippen LogP contribution < -0.4 is 15.4 Å². The van der Waals surface area contributed by atoms with Crippen molar-refractivity contribution in [3.05, 3.63) is 53.3 Å². The van der Waals surface area contributed by atoms with Gasteiger partial charge >= 0.3 is 0 Å². The molecular formula is C23H24FN3O3. The van der Waals surface area contributed by atoms with Crippen molar-refractivity contribution in [2.45, 2.75) is 31.4 Å². The fraction of sp³-hybridized carbons (Fsp3) is 0.391. The minimum absolute atomic E-state index is 0.268. The lowest BCUT2D eigenvalue weighted by molar-refractivity contribution is -0.132. The average Bonchev–Trinajstić information content (AvgIpc) is 3.12. The number of nitrogens with zero attached hydrogens (tertiary/aromatic N) is 1. The molecule has 4 rings (SSSR count). The van der Waals surface area contributed by atoms with E-state index in [9.17, 15) is 14.4 Å². The average molecular weight is 409 g/mol. The van der Waals surface area contributed by atoms with Crippen LogP contribution in [0.25, 0.3) is 11.1 Å². The zero-order valence-corrected chi connectivity index (χ0v) is 16.6. The van der Waals surface area contributed by atoms with E-state index in [1.54, 1.807) is 6.07 Å². The lowest BCUT2D eigenvalue weighted by atomic mass is 9.94. The molecule has 2 aliphatic rings. The molecule has 0 radical (unpaired) electrons. The van der Waals surface area contributed by atoms with Gasteiger partial charge in [0.05, 0.1) is 12.7 Å². The zero-order chi connectivity index (χ0) is 20.9. The molecule has 2 aliphatic heterocycles. The quantitative estimate of drug-likeness (QED) is 0.810. The van der Waals surface area contributed by atoms with Gasteiger partial charge in [0.15, 0.2) is 0 Å². The smallest absolute Gasteiger partial charge is 0.251 e. The maximum atomic E-state index is 13.6. The number of fused-ring (bicyclic) bond motifs is 3. The number of rotatable bonds is 4. The molecule has 1 fully saturated rings. The van der Waals surface area contributed by atoms with Crippen LogP contribution >= 0.6 is 0 Å². The summed E-state index contributed by atoms with van der Waals surface area (Å²) in [4.78, 5) is 12.5. The first kappa shape index (κ1) is 20.3. The van der Waals surface area contributed by atoms with Crippen LogP contribution in [0.2, 0.25) is 0 Å². The van der Waals surface area contributed by atoms with Gasteiger partial charge in [-0.1, -0.05) is 18.2 Å². The monoisotopic (exact) mass is 409 g/mol. The van der Waals surface area contributed by atoms with Crippen LogP contribution in [0.3, 0.4) is 0 Å². The van der Waals surface area contributed by atoms with Crippen molar-refractivity contribution in [2.24, 2.45) is 0 Å². The second kappa shape index (κ2) is 9.24. The third kappa shape index (κ3) is 4.61. The Balaban J connectivity index is 1.48. The van der Waals surface area contributed by atoms with Crippen LogP contribution in [-0.4, -0.2) is 44.4 Å². The van der Waals surface area contributed by atoms with Gasteiger partial charge in [-0.2, -0.15) is 5.26 Å². The van der Waals surface area contributed by atoms with Gasteiger partial charge in [-0.3, -0.25) is 4.79 Å². The van der Waals surface area contributed by atoms with Gasteiger partial charge in [0, 0.05) is 37.6 Å². The third-order valence-electron chi connectivity index (χ3n) is 5.38. The van der Waals surface area contributed by atoms with E-state index in [0.717, 1.165) is 35.2 Å². The van der Waals surface area contributed by atoms with Gasteiger partial charge in [-0.25, -0.2) is 4.39 Å². The summed E-state index contributed by atoms with van der Waals surface area (Å²) in [5.74, 6) is -0.0509. The highest BCUT2D eigenvalue weighted by Crippen LogP contribution is 2.36. The molecule has 30 heavy (non-hydrogen) atoms. The standard InChI is InChI=1S/C23H24FN3O3/c24-17-3-5-20-19-4-2-15(10-16(19)6-9-30-21(20)12-17)11-18(13-25)27-23(28)22-14-26-7-1-8-29-22/h2-5,10,12,18,22,26H,1,6-9,11,14H2,(H,27,28)/t18?,22-/m0/s1. The van der Waals surface area contributed by atoms with Crippen LogP contribution in [0, 0.1) is 17.1 Å². The van der Waals surface area contributed by atoms with Gasteiger partial charge in [0.1, 0.15) is 23.7 Å². The lowest BCUT2D eigenvalue weighted by Crippen LogP contribution is -2.46. The molecule has 6 nitrogen and oxygen atoms in total. The Labute approximate surface area is 175 Å². The van der Waals surface area contributed by atoms with Crippen molar-refractivity contribution < 1.29 is 18.7 Å². The number of ether oxygens (including phenoxy) is 2. The summed E-state index contributed by atoms with van der Waals surface area (Å²) in [6.45, 7) is 2.25. The number of carbonyl (C=O) groups excluding carboxylic acids is 1. The van der Waals surface area contributed by atoms with Crippen molar-refractivity contribution >= 4 is 5.91 Å². The van der Waals surface area contributed by atoms with E-state index in [4.69, 9.17) is 9.47 Å². The Hall–Kier alpha value is -2.95. The van der Waals surface area contributed by atoms with Gasteiger partial charge in [0.25, 0.3) is 5.91 Å². The van der Waals surface area contributed by atoms with Crippen molar-refractivity contribution in [1.29, 1.82) is 5.26 Å². The summed E-state index contributed by atoms with van der Waals surface area (Å²) in [5.41, 5.74) is 3.89. The van der Waals surface area contributed by atoms with E-state index >= 15 is 0 Å². The highest BCUT2D eigenvalue weighted by molar-refractivity contribution is 5.81. The van der Waals surface area contributed by atoms with E-state index in [2.05, 4.69) is 16.7 Å². The van der Waals surface area contributed by atoms with Crippen LogP contribution in [0.15, 0.2) is 36.4 Å². The number of halogens is 1. The molecule has 2 aromatic rings. The highest BCUT2D eigenvalue weighted by Gasteiger charge is 2.24. The summed E-state index contributed by atoms with van der Waals surface area (Å²) in [7, 11) is 0. The Morgan fingerprint density at radius 2 is 2.13 bits per heavy atom. The van der Waals surface area contributed by atoms with Gasteiger partial charge in [-0.15, -0.1) is 0 Å².